The maximum Gasteiger partial charge on any atom is 0.270 e. The van der Waals surface area contributed by atoms with E-state index < -0.39 is 5.54 Å². The average Bonchev–Trinajstić information content (AvgIpc) is 2.81. The molecule has 5 nitrogen and oxygen atoms in total. The Morgan fingerprint density at radius 1 is 1.53 bits per heavy atom. The summed E-state index contributed by atoms with van der Waals surface area (Å²) in [6.07, 6.45) is 5.43. The van der Waals surface area contributed by atoms with Gasteiger partial charge in [-0.25, -0.2) is 0 Å². The van der Waals surface area contributed by atoms with Gasteiger partial charge < -0.3 is 5.32 Å². The van der Waals surface area contributed by atoms with E-state index in [9.17, 15) is 10.1 Å². The molecule has 0 atom stereocenters. The van der Waals surface area contributed by atoms with Crippen molar-refractivity contribution in [2.24, 2.45) is 7.05 Å². The van der Waals surface area contributed by atoms with Crippen LogP contribution in [0.5, 0.6) is 0 Å². The number of amides is 1. The average molecular weight is 260 g/mol. The van der Waals surface area contributed by atoms with Crippen molar-refractivity contribution in [2.45, 2.75) is 51.0 Å². The molecule has 0 saturated heterocycles. The predicted molar refractivity (Wildman–Crippen MR) is 71.5 cm³/mol. The Balaban J connectivity index is 2.15. The molecule has 1 heterocycles. The van der Waals surface area contributed by atoms with Crippen LogP contribution < -0.4 is 5.32 Å². The van der Waals surface area contributed by atoms with E-state index in [2.05, 4.69) is 16.5 Å². The minimum atomic E-state index is -0.689. The van der Waals surface area contributed by atoms with Crippen LogP contribution in [0.2, 0.25) is 0 Å². The summed E-state index contributed by atoms with van der Waals surface area (Å²) in [5.74, 6) is -0.196. The van der Waals surface area contributed by atoms with E-state index >= 15 is 0 Å². The Morgan fingerprint density at radius 3 is 2.74 bits per heavy atom. The van der Waals surface area contributed by atoms with Crippen LogP contribution in [0.4, 0.5) is 0 Å². The van der Waals surface area contributed by atoms with Crippen LogP contribution in [0.25, 0.3) is 0 Å². The van der Waals surface area contributed by atoms with Crippen molar-refractivity contribution in [3.8, 4) is 6.07 Å². The summed E-state index contributed by atoms with van der Waals surface area (Å²) in [5.41, 5.74) is 0.728. The number of nitriles is 1. The van der Waals surface area contributed by atoms with Gasteiger partial charge in [-0.1, -0.05) is 26.2 Å². The van der Waals surface area contributed by atoms with E-state index in [0.29, 0.717) is 5.69 Å². The van der Waals surface area contributed by atoms with Crippen LogP contribution in [0, 0.1) is 11.3 Å². The summed E-state index contributed by atoms with van der Waals surface area (Å²) in [5, 5.41) is 16.6. The maximum atomic E-state index is 12.3. The number of nitrogens with one attached hydrogen (secondary N) is 1. The second-order valence-corrected chi connectivity index (χ2v) is 5.21. The first-order valence-corrected chi connectivity index (χ1v) is 6.87. The molecule has 2 rings (SSSR count). The molecule has 0 aromatic carbocycles. The molecule has 1 aliphatic rings. The standard InChI is InChI=1S/C14H20N4O/c1-3-11-9-12(18(2)17-11)13(19)16-14(10-15)7-5-4-6-8-14/h9H,3-8H2,1-2H3,(H,16,19). The van der Waals surface area contributed by atoms with Gasteiger partial charge in [-0.2, -0.15) is 10.4 Å². The van der Waals surface area contributed by atoms with E-state index in [0.717, 1.165) is 44.2 Å². The van der Waals surface area contributed by atoms with E-state index in [4.69, 9.17) is 0 Å². The maximum absolute atomic E-state index is 12.3. The molecular formula is C14H20N4O. The Hall–Kier alpha value is -1.83. The zero-order valence-electron chi connectivity index (χ0n) is 11.6. The van der Waals surface area contributed by atoms with E-state index in [1.807, 2.05) is 6.92 Å². The first-order valence-electron chi connectivity index (χ1n) is 6.87. The molecule has 1 aromatic rings. The number of carbonyl (C=O) groups excluding carboxylic acids is 1. The van der Waals surface area contributed by atoms with Crippen LogP contribution in [0.3, 0.4) is 0 Å². The predicted octanol–water partition coefficient (Wildman–Crippen LogP) is 1.94. The van der Waals surface area contributed by atoms with Crippen LogP contribution in [0.1, 0.15) is 55.2 Å². The van der Waals surface area contributed by atoms with Gasteiger partial charge in [0.1, 0.15) is 11.2 Å². The van der Waals surface area contributed by atoms with E-state index in [1.54, 1.807) is 17.8 Å². The lowest BCUT2D eigenvalue weighted by molar-refractivity contribution is 0.0893. The van der Waals surface area contributed by atoms with Crippen molar-refractivity contribution in [3.63, 3.8) is 0 Å². The number of carbonyl (C=O) groups is 1. The SMILES string of the molecule is CCc1cc(C(=O)NC2(C#N)CCCCC2)n(C)n1. The van der Waals surface area contributed by atoms with Gasteiger partial charge in [-0.15, -0.1) is 0 Å². The fourth-order valence-corrected chi connectivity index (χ4v) is 2.61. The third-order valence-electron chi connectivity index (χ3n) is 3.80. The summed E-state index contributed by atoms with van der Waals surface area (Å²) >= 11 is 0. The fourth-order valence-electron chi connectivity index (χ4n) is 2.61. The molecule has 5 heteroatoms. The molecule has 1 aliphatic carbocycles. The number of aryl methyl sites for hydroxylation is 2. The Bertz CT molecular complexity index is 506. The van der Waals surface area contributed by atoms with Gasteiger partial charge in [0.2, 0.25) is 0 Å². The van der Waals surface area contributed by atoms with Crippen molar-refractivity contribution in [1.82, 2.24) is 15.1 Å². The summed E-state index contributed by atoms with van der Waals surface area (Å²) in [7, 11) is 1.76. The molecule has 0 radical (unpaired) electrons. The minimum absolute atomic E-state index is 0.196. The first-order chi connectivity index (χ1) is 9.10. The molecule has 1 aromatic heterocycles. The van der Waals surface area contributed by atoms with Gasteiger partial charge in [0, 0.05) is 7.05 Å². The summed E-state index contributed by atoms with van der Waals surface area (Å²) < 4.78 is 1.59. The Kier molecular flexibility index (Phi) is 3.89. The smallest absolute Gasteiger partial charge is 0.270 e. The monoisotopic (exact) mass is 260 g/mol. The fraction of sp³-hybridized carbons (Fsp3) is 0.643. The summed E-state index contributed by atoms with van der Waals surface area (Å²) in [6.45, 7) is 2.00. The van der Waals surface area contributed by atoms with Gasteiger partial charge in [-0.05, 0) is 25.3 Å². The topological polar surface area (TPSA) is 70.7 Å². The Labute approximate surface area is 113 Å². The molecule has 1 amide bonds. The second-order valence-electron chi connectivity index (χ2n) is 5.21. The third kappa shape index (κ3) is 2.78. The molecule has 1 fully saturated rings. The highest BCUT2D eigenvalue weighted by atomic mass is 16.2. The highest BCUT2D eigenvalue weighted by Gasteiger charge is 2.34. The van der Waals surface area contributed by atoms with Crippen molar-refractivity contribution in [2.75, 3.05) is 0 Å². The zero-order valence-corrected chi connectivity index (χ0v) is 11.6. The lowest BCUT2D eigenvalue weighted by Gasteiger charge is -2.31. The zero-order chi connectivity index (χ0) is 13.9. The number of hydrogen-bond acceptors (Lipinski definition) is 3. The molecule has 0 spiro atoms. The number of aromatic nitrogens is 2. The first kappa shape index (κ1) is 13.6. The van der Waals surface area contributed by atoms with Crippen molar-refractivity contribution < 1.29 is 4.79 Å². The second kappa shape index (κ2) is 5.43. The van der Waals surface area contributed by atoms with Crippen LogP contribution in [-0.2, 0) is 13.5 Å². The molecule has 0 unspecified atom stereocenters. The quantitative estimate of drug-likeness (QED) is 0.902. The van der Waals surface area contributed by atoms with E-state index in [-0.39, 0.29) is 5.91 Å². The van der Waals surface area contributed by atoms with E-state index in [1.165, 1.54) is 0 Å². The molecule has 1 saturated carbocycles. The third-order valence-corrected chi connectivity index (χ3v) is 3.80. The highest BCUT2D eigenvalue weighted by molar-refractivity contribution is 5.93. The largest absolute Gasteiger partial charge is 0.332 e. The van der Waals surface area contributed by atoms with Crippen LogP contribution in [-0.4, -0.2) is 21.2 Å². The van der Waals surface area contributed by atoms with Crippen LogP contribution in [0.15, 0.2) is 6.07 Å². The summed E-state index contributed by atoms with van der Waals surface area (Å²) in [6, 6.07) is 4.09. The lowest BCUT2D eigenvalue weighted by atomic mass is 9.83. The number of rotatable bonds is 3. The van der Waals surface area contributed by atoms with Crippen LogP contribution >= 0.6 is 0 Å². The van der Waals surface area contributed by atoms with Gasteiger partial charge in [0.25, 0.3) is 5.91 Å². The summed E-state index contributed by atoms with van der Waals surface area (Å²) in [4.78, 5) is 12.3. The van der Waals surface area contributed by atoms with Gasteiger partial charge in [0.15, 0.2) is 0 Å². The molecule has 0 aliphatic heterocycles. The molecule has 1 N–H and O–H groups in total. The highest BCUT2D eigenvalue weighted by Crippen LogP contribution is 2.27. The number of nitrogens with zero attached hydrogens (tertiary/aromatic N) is 3. The van der Waals surface area contributed by atoms with Gasteiger partial charge in [-0.3, -0.25) is 9.48 Å². The molecule has 19 heavy (non-hydrogen) atoms. The molecule has 102 valence electrons. The molecule has 0 bridgehead atoms. The van der Waals surface area contributed by atoms with Gasteiger partial charge >= 0.3 is 0 Å². The van der Waals surface area contributed by atoms with Crippen molar-refractivity contribution >= 4 is 5.91 Å². The van der Waals surface area contributed by atoms with Crippen molar-refractivity contribution in [1.29, 1.82) is 5.26 Å². The molecular weight excluding hydrogens is 240 g/mol. The number of hydrogen-bond donors (Lipinski definition) is 1. The van der Waals surface area contributed by atoms with Crippen molar-refractivity contribution in [3.05, 3.63) is 17.5 Å². The normalized spacial score (nSPS) is 17.7. The Morgan fingerprint density at radius 2 is 2.21 bits per heavy atom. The van der Waals surface area contributed by atoms with Gasteiger partial charge in [0.05, 0.1) is 11.8 Å². The lowest BCUT2D eigenvalue weighted by Crippen LogP contribution is -2.49. The minimum Gasteiger partial charge on any atom is -0.332 e.